The van der Waals surface area contributed by atoms with Crippen LogP contribution in [-0.2, 0) is 11.3 Å². The van der Waals surface area contributed by atoms with Crippen molar-refractivity contribution in [2.24, 2.45) is 11.8 Å². The predicted molar refractivity (Wildman–Crippen MR) is 131 cm³/mol. The molecule has 1 aromatic carbocycles. The number of furan rings is 1. The van der Waals surface area contributed by atoms with Gasteiger partial charge in [-0.2, -0.15) is 0 Å². The minimum atomic E-state index is -0.394. The van der Waals surface area contributed by atoms with Crippen LogP contribution in [0.4, 0.5) is 10.3 Å². The van der Waals surface area contributed by atoms with Crippen molar-refractivity contribution in [3.05, 3.63) is 59.8 Å². The van der Waals surface area contributed by atoms with Crippen molar-refractivity contribution in [2.45, 2.75) is 57.1 Å². The molecule has 7 nitrogen and oxygen atoms in total. The highest BCUT2D eigenvalue weighted by Crippen LogP contribution is 2.30. The number of hydrogen-bond donors (Lipinski definition) is 1. The lowest BCUT2D eigenvalue weighted by Crippen LogP contribution is -2.40. The minimum absolute atomic E-state index is 0.115. The largest absolute Gasteiger partial charge is 0.467 e. The Hall–Kier alpha value is -2.81. The molecule has 0 saturated carbocycles. The molecule has 4 atom stereocenters. The summed E-state index contributed by atoms with van der Waals surface area (Å²) in [4.78, 5) is 15.2. The zero-order chi connectivity index (χ0) is 24.2. The lowest BCUT2D eigenvalue weighted by atomic mass is 9.92. The first-order valence-electron chi connectivity index (χ1n) is 11.7. The molecule has 1 aliphatic rings. The SMILES string of the molecule is CC1CC(C)CN(c2nnc(SC(C)C(=O)NC(C)c3ccc(F)cc3)n2Cc2ccco2)C1. The van der Waals surface area contributed by atoms with Gasteiger partial charge in [-0.15, -0.1) is 10.2 Å². The van der Waals surface area contributed by atoms with E-state index in [0.29, 0.717) is 23.5 Å². The molecule has 9 heteroatoms. The Morgan fingerprint density at radius 1 is 1.18 bits per heavy atom. The number of hydrogen-bond acceptors (Lipinski definition) is 6. The summed E-state index contributed by atoms with van der Waals surface area (Å²) in [5.74, 6) is 2.36. The lowest BCUT2D eigenvalue weighted by Gasteiger charge is -2.35. The Labute approximate surface area is 204 Å². The number of nitrogens with zero attached hydrogens (tertiary/aromatic N) is 4. The van der Waals surface area contributed by atoms with Crippen LogP contribution in [0.2, 0.25) is 0 Å². The van der Waals surface area contributed by atoms with Gasteiger partial charge in [0.15, 0.2) is 5.16 Å². The molecule has 1 N–H and O–H groups in total. The van der Waals surface area contributed by atoms with E-state index >= 15 is 0 Å². The number of rotatable bonds is 8. The average Bonchev–Trinajstić information content (AvgIpc) is 3.44. The van der Waals surface area contributed by atoms with Crippen molar-refractivity contribution in [1.29, 1.82) is 0 Å². The third-order valence-corrected chi connectivity index (χ3v) is 7.20. The van der Waals surface area contributed by atoms with Crippen molar-refractivity contribution in [2.75, 3.05) is 18.0 Å². The Bertz CT molecular complexity index is 1080. The zero-order valence-corrected chi connectivity index (χ0v) is 20.9. The van der Waals surface area contributed by atoms with E-state index in [2.05, 4.69) is 34.3 Å². The van der Waals surface area contributed by atoms with Gasteiger partial charge in [0.2, 0.25) is 11.9 Å². The van der Waals surface area contributed by atoms with Crippen molar-refractivity contribution in [3.63, 3.8) is 0 Å². The van der Waals surface area contributed by atoms with E-state index in [4.69, 9.17) is 4.42 Å². The second-order valence-corrected chi connectivity index (χ2v) is 10.6. The Morgan fingerprint density at radius 3 is 2.53 bits per heavy atom. The molecule has 0 bridgehead atoms. The molecule has 3 heterocycles. The molecule has 0 aliphatic carbocycles. The summed E-state index contributed by atoms with van der Waals surface area (Å²) >= 11 is 1.38. The van der Waals surface area contributed by atoms with Gasteiger partial charge < -0.3 is 14.6 Å². The fourth-order valence-corrected chi connectivity index (χ4v) is 5.35. The number of anilines is 1. The molecule has 1 saturated heterocycles. The third kappa shape index (κ3) is 5.81. The van der Waals surface area contributed by atoms with Crippen molar-refractivity contribution in [1.82, 2.24) is 20.1 Å². The van der Waals surface area contributed by atoms with E-state index in [0.717, 1.165) is 30.4 Å². The Kier molecular flexibility index (Phi) is 7.60. The van der Waals surface area contributed by atoms with Crippen LogP contribution in [0.5, 0.6) is 0 Å². The van der Waals surface area contributed by atoms with Gasteiger partial charge in [-0.05, 0) is 61.9 Å². The number of carbonyl (C=O) groups is 1. The first kappa shape index (κ1) is 24.3. The monoisotopic (exact) mass is 485 g/mol. The maximum absolute atomic E-state index is 13.2. The molecular formula is C25H32FN5O2S. The van der Waals surface area contributed by atoms with E-state index in [9.17, 15) is 9.18 Å². The predicted octanol–water partition coefficient (Wildman–Crippen LogP) is 4.90. The normalized spacial score (nSPS) is 20.2. The number of aromatic nitrogens is 3. The molecule has 1 fully saturated rings. The molecular weight excluding hydrogens is 453 g/mol. The number of piperidine rings is 1. The summed E-state index contributed by atoms with van der Waals surface area (Å²) in [5.41, 5.74) is 0.851. The van der Waals surface area contributed by atoms with Gasteiger partial charge in [0.25, 0.3) is 0 Å². The number of amides is 1. The molecule has 34 heavy (non-hydrogen) atoms. The highest BCUT2D eigenvalue weighted by atomic mass is 32.2. The highest BCUT2D eigenvalue weighted by molar-refractivity contribution is 8.00. The van der Waals surface area contributed by atoms with Gasteiger partial charge in [0.05, 0.1) is 24.1 Å². The molecule has 4 rings (SSSR count). The van der Waals surface area contributed by atoms with Gasteiger partial charge in [-0.3, -0.25) is 9.36 Å². The summed E-state index contributed by atoms with van der Waals surface area (Å²) in [7, 11) is 0. The molecule has 0 spiro atoms. The summed E-state index contributed by atoms with van der Waals surface area (Å²) in [6.45, 7) is 10.6. The van der Waals surface area contributed by atoms with Crippen LogP contribution in [0.3, 0.4) is 0 Å². The van der Waals surface area contributed by atoms with Gasteiger partial charge in [0.1, 0.15) is 11.6 Å². The first-order valence-corrected chi connectivity index (χ1v) is 12.6. The second-order valence-electron chi connectivity index (χ2n) is 9.34. The molecule has 182 valence electrons. The van der Waals surface area contributed by atoms with Gasteiger partial charge in [-0.25, -0.2) is 4.39 Å². The van der Waals surface area contributed by atoms with Crippen molar-refractivity contribution < 1.29 is 13.6 Å². The summed E-state index contributed by atoms with van der Waals surface area (Å²) in [6, 6.07) is 9.73. The Morgan fingerprint density at radius 2 is 1.88 bits per heavy atom. The van der Waals surface area contributed by atoms with Crippen LogP contribution in [0.25, 0.3) is 0 Å². The molecule has 4 unspecified atom stereocenters. The molecule has 1 amide bonds. The topological polar surface area (TPSA) is 76.2 Å². The quantitative estimate of drug-likeness (QED) is 0.458. The van der Waals surface area contributed by atoms with Crippen LogP contribution in [0.1, 0.15) is 51.5 Å². The van der Waals surface area contributed by atoms with Gasteiger partial charge >= 0.3 is 0 Å². The van der Waals surface area contributed by atoms with Crippen LogP contribution in [-0.4, -0.2) is 39.0 Å². The average molecular weight is 486 g/mol. The number of benzene rings is 1. The molecule has 3 aromatic rings. The van der Waals surface area contributed by atoms with E-state index in [1.807, 2.05) is 30.5 Å². The van der Waals surface area contributed by atoms with Gasteiger partial charge in [-0.1, -0.05) is 37.7 Å². The molecule has 1 aliphatic heterocycles. The van der Waals surface area contributed by atoms with Crippen LogP contribution < -0.4 is 10.2 Å². The van der Waals surface area contributed by atoms with Crippen LogP contribution in [0.15, 0.2) is 52.2 Å². The summed E-state index contributed by atoms with van der Waals surface area (Å²) in [6.07, 6.45) is 2.86. The summed E-state index contributed by atoms with van der Waals surface area (Å²) in [5, 5.41) is 12.3. The first-order chi connectivity index (χ1) is 16.3. The second kappa shape index (κ2) is 10.6. The van der Waals surface area contributed by atoms with Crippen molar-refractivity contribution >= 4 is 23.6 Å². The zero-order valence-electron chi connectivity index (χ0n) is 20.1. The number of thioether (sulfide) groups is 1. The van der Waals surface area contributed by atoms with E-state index < -0.39 is 5.25 Å². The van der Waals surface area contributed by atoms with Crippen molar-refractivity contribution in [3.8, 4) is 0 Å². The fourth-order valence-electron chi connectivity index (χ4n) is 4.50. The van der Waals surface area contributed by atoms with Crippen LogP contribution in [0, 0.1) is 17.7 Å². The minimum Gasteiger partial charge on any atom is -0.467 e. The Balaban J connectivity index is 1.50. The molecule has 2 aromatic heterocycles. The number of carbonyl (C=O) groups excluding carboxylic acids is 1. The van der Waals surface area contributed by atoms with Crippen LogP contribution >= 0.6 is 11.8 Å². The standard InChI is InChI=1S/C25H32FN5O2S/c1-16-12-17(2)14-30(13-16)24-28-29-25(31(24)15-22-6-5-11-33-22)34-19(4)23(32)27-18(3)20-7-9-21(26)10-8-20/h5-11,16-19H,12-15H2,1-4H3,(H,27,32). The molecule has 0 radical (unpaired) electrons. The fraction of sp³-hybridized carbons (Fsp3) is 0.480. The smallest absolute Gasteiger partial charge is 0.233 e. The van der Waals surface area contributed by atoms with Gasteiger partial charge in [0, 0.05) is 13.1 Å². The third-order valence-electron chi connectivity index (χ3n) is 6.12. The maximum atomic E-state index is 13.2. The maximum Gasteiger partial charge on any atom is 0.233 e. The number of nitrogens with one attached hydrogen (secondary N) is 1. The van der Waals surface area contributed by atoms with E-state index in [1.54, 1.807) is 18.4 Å². The lowest BCUT2D eigenvalue weighted by molar-refractivity contribution is -0.120. The van der Waals surface area contributed by atoms with E-state index in [1.165, 1.54) is 30.3 Å². The summed E-state index contributed by atoms with van der Waals surface area (Å²) < 4.78 is 20.9. The number of halogens is 1. The van der Waals surface area contributed by atoms with E-state index in [-0.39, 0.29) is 17.8 Å². The highest BCUT2D eigenvalue weighted by Gasteiger charge is 2.28.